The number of rotatable bonds is 7. The lowest BCUT2D eigenvalue weighted by molar-refractivity contribution is -0.187. The van der Waals surface area contributed by atoms with Crippen molar-refractivity contribution in [3.63, 3.8) is 0 Å². The first-order chi connectivity index (χ1) is 9.91. The summed E-state index contributed by atoms with van der Waals surface area (Å²) < 4.78 is 38.7. The summed E-state index contributed by atoms with van der Waals surface area (Å²) in [7, 11) is 0. The van der Waals surface area contributed by atoms with Gasteiger partial charge in [-0.15, -0.1) is 0 Å². The first-order valence-corrected chi connectivity index (χ1v) is 8.06. The third-order valence-corrected chi connectivity index (χ3v) is 4.84. The molecule has 124 valence electrons. The summed E-state index contributed by atoms with van der Waals surface area (Å²) in [6, 6.07) is 0. The van der Waals surface area contributed by atoms with Crippen LogP contribution in [0.1, 0.15) is 39.0 Å². The molecule has 0 aromatic heterocycles. The Morgan fingerprint density at radius 2 is 1.90 bits per heavy atom. The van der Waals surface area contributed by atoms with Gasteiger partial charge in [0.05, 0.1) is 18.1 Å². The van der Waals surface area contributed by atoms with Crippen LogP contribution in [-0.2, 0) is 0 Å². The molecule has 21 heavy (non-hydrogen) atoms. The molecule has 1 aliphatic heterocycles. The number of aliphatic hydroxyl groups is 1. The Balaban J connectivity index is 1.99. The summed E-state index contributed by atoms with van der Waals surface area (Å²) in [6.07, 6.45) is -0.194. The zero-order valence-corrected chi connectivity index (χ0v) is 12.8. The number of hydrogen-bond acceptors (Lipinski definition) is 3. The highest BCUT2D eigenvalue weighted by molar-refractivity contribution is 5.03. The number of alkyl halides is 3. The van der Waals surface area contributed by atoms with Crippen molar-refractivity contribution in [2.24, 2.45) is 11.8 Å². The number of halogens is 3. The van der Waals surface area contributed by atoms with E-state index in [2.05, 4.69) is 12.2 Å². The quantitative estimate of drug-likeness (QED) is 0.758. The van der Waals surface area contributed by atoms with Crippen molar-refractivity contribution >= 4 is 0 Å². The molecule has 2 unspecified atom stereocenters. The Morgan fingerprint density at radius 3 is 2.43 bits per heavy atom. The van der Waals surface area contributed by atoms with E-state index in [4.69, 9.17) is 0 Å². The Hall–Kier alpha value is -0.330. The van der Waals surface area contributed by atoms with E-state index in [1.807, 2.05) is 4.90 Å². The standard InChI is InChI=1S/C15H27F3N2O/c1-2-7-19-14(11-21,12-5-6-12)10-20-8-3-4-13(9-20)15(16,17)18/h12-13,19,21H,2-11H2,1H3. The van der Waals surface area contributed by atoms with E-state index in [-0.39, 0.29) is 19.6 Å². The van der Waals surface area contributed by atoms with Crippen molar-refractivity contribution in [1.29, 1.82) is 0 Å². The largest absolute Gasteiger partial charge is 0.394 e. The number of hydrogen-bond donors (Lipinski definition) is 2. The fourth-order valence-electron chi connectivity index (χ4n) is 3.44. The van der Waals surface area contributed by atoms with Crippen LogP contribution >= 0.6 is 0 Å². The van der Waals surface area contributed by atoms with Crippen LogP contribution in [0.2, 0.25) is 0 Å². The van der Waals surface area contributed by atoms with Gasteiger partial charge in [0, 0.05) is 13.1 Å². The fourth-order valence-corrected chi connectivity index (χ4v) is 3.44. The molecule has 0 radical (unpaired) electrons. The van der Waals surface area contributed by atoms with Crippen LogP contribution in [0.25, 0.3) is 0 Å². The summed E-state index contributed by atoms with van der Waals surface area (Å²) in [5.41, 5.74) is -0.413. The van der Waals surface area contributed by atoms with Crippen molar-refractivity contribution in [2.75, 3.05) is 32.8 Å². The number of nitrogens with one attached hydrogen (secondary N) is 1. The van der Waals surface area contributed by atoms with Gasteiger partial charge in [0.1, 0.15) is 0 Å². The molecule has 2 aliphatic rings. The maximum atomic E-state index is 12.9. The summed E-state index contributed by atoms with van der Waals surface area (Å²) >= 11 is 0. The second-order valence-electron chi connectivity index (χ2n) is 6.63. The SMILES string of the molecule is CCCNC(CO)(CN1CCCC(C(F)(F)F)C1)C1CC1. The van der Waals surface area contributed by atoms with Crippen LogP contribution in [0, 0.1) is 11.8 Å². The predicted molar refractivity (Wildman–Crippen MR) is 76.1 cm³/mol. The van der Waals surface area contributed by atoms with Crippen molar-refractivity contribution < 1.29 is 18.3 Å². The lowest BCUT2D eigenvalue weighted by atomic mass is 9.90. The minimum atomic E-state index is -4.10. The van der Waals surface area contributed by atoms with E-state index in [9.17, 15) is 18.3 Å². The molecule has 0 spiro atoms. The van der Waals surface area contributed by atoms with Gasteiger partial charge >= 0.3 is 6.18 Å². The third kappa shape index (κ3) is 4.33. The monoisotopic (exact) mass is 308 g/mol. The smallest absolute Gasteiger partial charge is 0.393 e. The zero-order valence-electron chi connectivity index (χ0n) is 12.8. The van der Waals surface area contributed by atoms with Gasteiger partial charge in [0.15, 0.2) is 0 Å². The molecule has 3 nitrogen and oxygen atoms in total. The molecule has 0 amide bonds. The maximum absolute atomic E-state index is 12.9. The Labute approximate surface area is 124 Å². The van der Waals surface area contributed by atoms with Gasteiger partial charge in [-0.3, -0.25) is 0 Å². The van der Waals surface area contributed by atoms with Crippen molar-refractivity contribution in [3.05, 3.63) is 0 Å². The molecule has 0 aromatic carbocycles. The topological polar surface area (TPSA) is 35.5 Å². The van der Waals surface area contributed by atoms with Gasteiger partial charge in [0.25, 0.3) is 0 Å². The molecule has 1 saturated carbocycles. The Morgan fingerprint density at radius 1 is 1.19 bits per heavy atom. The van der Waals surface area contributed by atoms with Crippen LogP contribution in [0.5, 0.6) is 0 Å². The molecular formula is C15H27F3N2O. The molecule has 1 aliphatic carbocycles. The minimum absolute atomic E-state index is 0.00481. The van der Waals surface area contributed by atoms with Gasteiger partial charge in [-0.25, -0.2) is 0 Å². The lowest BCUT2D eigenvalue weighted by Gasteiger charge is -2.42. The van der Waals surface area contributed by atoms with E-state index in [0.29, 0.717) is 25.4 Å². The average Bonchev–Trinajstić information content (AvgIpc) is 3.28. The van der Waals surface area contributed by atoms with E-state index >= 15 is 0 Å². The molecule has 2 atom stereocenters. The van der Waals surface area contributed by atoms with Crippen LogP contribution in [0.15, 0.2) is 0 Å². The third-order valence-electron chi connectivity index (χ3n) is 4.84. The highest BCUT2D eigenvalue weighted by Crippen LogP contribution is 2.41. The Bertz CT molecular complexity index is 333. The van der Waals surface area contributed by atoms with Gasteiger partial charge in [-0.2, -0.15) is 13.2 Å². The van der Waals surface area contributed by atoms with Crippen LogP contribution in [-0.4, -0.2) is 54.5 Å². The average molecular weight is 308 g/mol. The van der Waals surface area contributed by atoms with Crippen LogP contribution in [0.4, 0.5) is 13.2 Å². The maximum Gasteiger partial charge on any atom is 0.393 e. The molecule has 2 N–H and O–H groups in total. The number of nitrogens with zero attached hydrogens (tertiary/aromatic N) is 1. The van der Waals surface area contributed by atoms with Gasteiger partial charge in [-0.05, 0) is 51.1 Å². The number of aliphatic hydroxyl groups excluding tert-OH is 1. The molecule has 2 rings (SSSR count). The molecule has 2 fully saturated rings. The van der Waals surface area contributed by atoms with Gasteiger partial charge < -0.3 is 15.3 Å². The van der Waals surface area contributed by atoms with Crippen molar-refractivity contribution in [2.45, 2.75) is 50.7 Å². The second kappa shape index (κ2) is 6.84. The molecule has 0 aromatic rings. The summed E-state index contributed by atoms with van der Waals surface area (Å²) in [6.45, 7) is 4.17. The number of piperidine rings is 1. The van der Waals surface area contributed by atoms with Crippen LogP contribution in [0.3, 0.4) is 0 Å². The molecule has 1 saturated heterocycles. The van der Waals surface area contributed by atoms with Gasteiger partial charge in [-0.1, -0.05) is 6.92 Å². The summed E-state index contributed by atoms with van der Waals surface area (Å²) in [4.78, 5) is 1.90. The highest BCUT2D eigenvalue weighted by Gasteiger charge is 2.47. The number of likely N-dealkylation sites (tertiary alicyclic amines) is 1. The normalized spacial score (nSPS) is 27.6. The van der Waals surface area contributed by atoms with E-state index < -0.39 is 17.6 Å². The fraction of sp³-hybridized carbons (Fsp3) is 1.00. The zero-order chi connectivity index (χ0) is 15.5. The van der Waals surface area contributed by atoms with E-state index in [1.54, 1.807) is 0 Å². The minimum Gasteiger partial charge on any atom is -0.394 e. The predicted octanol–water partition coefficient (Wildman–Crippen LogP) is 2.40. The Kier molecular flexibility index (Phi) is 5.54. The molecular weight excluding hydrogens is 281 g/mol. The summed E-state index contributed by atoms with van der Waals surface area (Å²) in [5.74, 6) is -0.812. The van der Waals surface area contributed by atoms with Crippen molar-refractivity contribution in [3.8, 4) is 0 Å². The lowest BCUT2D eigenvalue weighted by Crippen LogP contribution is -2.59. The highest BCUT2D eigenvalue weighted by atomic mass is 19.4. The van der Waals surface area contributed by atoms with Crippen molar-refractivity contribution in [1.82, 2.24) is 10.2 Å². The molecule has 6 heteroatoms. The first-order valence-electron chi connectivity index (χ1n) is 8.06. The van der Waals surface area contributed by atoms with Crippen LogP contribution < -0.4 is 5.32 Å². The first kappa shape index (κ1) is 17.0. The molecule has 0 bridgehead atoms. The second-order valence-corrected chi connectivity index (χ2v) is 6.63. The molecule has 1 heterocycles. The summed E-state index contributed by atoms with van der Waals surface area (Å²) in [5, 5.41) is 13.3. The van der Waals surface area contributed by atoms with E-state index in [0.717, 1.165) is 25.8 Å². The van der Waals surface area contributed by atoms with E-state index in [1.165, 1.54) is 0 Å². The van der Waals surface area contributed by atoms with Gasteiger partial charge in [0.2, 0.25) is 0 Å².